The lowest BCUT2D eigenvalue weighted by Crippen LogP contribution is -2.33. The Morgan fingerprint density at radius 2 is 1.57 bits per heavy atom. The number of aromatic nitrogens is 3. The topological polar surface area (TPSA) is 118 Å². The van der Waals surface area contributed by atoms with Gasteiger partial charge in [-0.15, -0.1) is 16.4 Å². The summed E-state index contributed by atoms with van der Waals surface area (Å²) in [7, 11) is 0. The van der Waals surface area contributed by atoms with Gasteiger partial charge in [0.25, 0.3) is 17.7 Å². The fourth-order valence-electron chi connectivity index (χ4n) is 3.61. The van der Waals surface area contributed by atoms with Crippen molar-refractivity contribution in [3.05, 3.63) is 62.6 Å². The van der Waals surface area contributed by atoms with Gasteiger partial charge in [-0.2, -0.15) is 13.2 Å². The molecule has 15 heteroatoms. The van der Waals surface area contributed by atoms with Crippen LogP contribution in [0.4, 0.5) is 17.6 Å². The smallest absolute Gasteiger partial charge is 0.351 e. The van der Waals surface area contributed by atoms with Crippen LogP contribution in [0.3, 0.4) is 0 Å². The first-order valence-corrected chi connectivity index (χ1v) is 13.6. The molecule has 3 amide bonds. The number of carbonyl (C=O) groups is 3. The van der Waals surface area contributed by atoms with Crippen molar-refractivity contribution in [3.8, 4) is 5.69 Å². The summed E-state index contributed by atoms with van der Waals surface area (Å²) < 4.78 is 51.6. The molecule has 0 fully saturated rings. The first-order valence-electron chi connectivity index (χ1n) is 12.4. The van der Waals surface area contributed by atoms with Gasteiger partial charge in [-0.25, -0.2) is 4.68 Å². The molecule has 0 saturated carbocycles. The van der Waals surface area contributed by atoms with Crippen molar-refractivity contribution in [1.29, 1.82) is 0 Å². The molecular formula is C25H27ClF4N6O3S. The molecule has 0 bridgehead atoms. The lowest BCUT2D eigenvalue weighted by atomic mass is 10.1. The van der Waals surface area contributed by atoms with Crippen molar-refractivity contribution in [2.24, 2.45) is 0 Å². The van der Waals surface area contributed by atoms with E-state index in [4.69, 9.17) is 11.6 Å². The molecule has 1 aromatic carbocycles. The highest BCUT2D eigenvalue weighted by Crippen LogP contribution is 2.21. The molecule has 3 N–H and O–H groups in total. The quantitative estimate of drug-likeness (QED) is 0.185. The number of alkyl halides is 4. The number of hydrogen-bond acceptors (Lipinski definition) is 6. The van der Waals surface area contributed by atoms with E-state index in [2.05, 4.69) is 20.9 Å². The third-order valence-corrected chi connectivity index (χ3v) is 6.80. The Labute approximate surface area is 236 Å². The van der Waals surface area contributed by atoms with E-state index < -0.39 is 31.2 Å². The van der Waals surface area contributed by atoms with Crippen LogP contribution in [0.5, 0.6) is 0 Å². The number of thiophene rings is 1. The zero-order valence-corrected chi connectivity index (χ0v) is 22.8. The molecule has 0 aliphatic carbocycles. The third-order valence-electron chi connectivity index (χ3n) is 5.57. The van der Waals surface area contributed by atoms with Gasteiger partial charge in [0.2, 0.25) is 0 Å². The number of unbranched alkanes of at least 4 members (excludes halogenated alkanes) is 2. The molecular weight excluding hydrogens is 576 g/mol. The Bertz CT molecular complexity index is 1300. The molecule has 0 aliphatic rings. The highest BCUT2D eigenvalue weighted by atomic mass is 35.5. The van der Waals surface area contributed by atoms with E-state index >= 15 is 0 Å². The van der Waals surface area contributed by atoms with Gasteiger partial charge in [0.1, 0.15) is 6.54 Å². The Kier molecular flexibility index (Phi) is 11.4. The molecule has 0 aliphatic heterocycles. The van der Waals surface area contributed by atoms with E-state index in [0.717, 1.165) is 11.3 Å². The highest BCUT2D eigenvalue weighted by molar-refractivity contribution is 7.18. The van der Waals surface area contributed by atoms with Crippen LogP contribution in [0.1, 0.15) is 61.9 Å². The lowest BCUT2D eigenvalue weighted by molar-refractivity contribution is -0.123. The Morgan fingerprint density at radius 3 is 2.20 bits per heavy atom. The number of nitrogens with one attached hydrogen (secondary N) is 3. The van der Waals surface area contributed by atoms with Crippen molar-refractivity contribution >= 4 is 40.7 Å². The number of hydrogen-bond donors (Lipinski definition) is 3. The lowest BCUT2D eigenvalue weighted by Gasteiger charge is -2.11. The number of amides is 3. The summed E-state index contributed by atoms with van der Waals surface area (Å²) in [6, 6.07) is 8.90. The normalized spacial score (nSPS) is 11.3. The zero-order valence-electron chi connectivity index (χ0n) is 21.2. The van der Waals surface area contributed by atoms with E-state index in [0.29, 0.717) is 59.2 Å². The first kappa shape index (κ1) is 31.0. The van der Waals surface area contributed by atoms with Crippen molar-refractivity contribution in [1.82, 2.24) is 30.9 Å². The Balaban J connectivity index is 1.63. The second-order valence-corrected chi connectivity index (χ2v) is 10.3. The minimum absolute atomic E-state index is 0.0184. The van der Waals surface area contributed by atoms with E-state index in [1.807, 2.05) is 0 Å². The van der Waals surface area contributed by atoms with Crippen LogP contribution in [0.25, 0.3) is 5.69 Å². The highest BCUT2D eigenvalue weighted by Gasteiger charge is 2.28. The summed E-state index contributed by atoms with van der Waals surface area (Å²) >= 11 is 7.00. The maximum absolute atomic E-state index is 12.9. The van der Waals surface area contributed by atoms with Crippen molar-refractivity contribution in [3.63, 3.8) is 0 Å². The average Bonchev–Trinajstić information content (AvgIpc) is 3.55. The van der Waals surface area contributed by atoms with Crippen molar-refractivity contribution in [2.75, 3.05) is 26.3 Å². The Hall–Kier alpha value is -3.52. The Morgan fingerprint density at radius 1 is 0.875 bits per heavy atom. The number of benzene rings is 1. The second-order valence-electron chi connectivity index (χ2n) is 8.61. The molecule has 2 aromatic heterocycles. The molecule has 0 atom stereocenters. The molecule has 3 aromatic rings. The molecule has 0 radical (unpaired) electrons. The summed E-state index contributed by atoms with van der Waals surface area (Å²) in [5.74, 6) is -1.62. The minimum Gasteiger partial charge on any atom is -0.351 e. The summed E-state index contributed by atoms with van der Waals surface area (Å²) in [5.41, 5.74) is 0.999. The van der Waals surface area contributed by atoms with Crippen LogP contribution in [-0.2, 0) is 6.42 Å². The number of nitrogens with zero attached hydrogens (tertiary/aromatic N) is 3. The van der Waals surface area contributed by atoms with Gasteiger partial charge in [-0.3, -0.25) is 18.8 Å². The molecule has 0 spiro atoms. The minimum atomic E-state index is -4.53. The van der Waals surface area contributed by atoms with Crippen LogP contribution in [0.2, 0.25) is 4.34 Å². The van der Waals surface area contributed by atoms with E-state index in [1.165, 1.54) is 28.9 Å². The van der Waals surface area contributed by atoms with Gasteiger partial charge in [0.15, 0.2) is 5.69 Å². The van der Waals surface area contributed by atoms with E-state index in [-0.39, 0.29) is 23.7 Å². The number of carbonyl (C=O) groups excluding carboxylic acids is 3. The predicted molar refractivity (Wildman–Crippen MR) is 142 cm³/mol. The van der Waals surface area contributed by atoms with Gasteiger partial charge in [-0.05, 0) is 62.1 Å². The summed E-state index contributed by atoms with van der Waals surface area (Å²) in [5, 5.41) is 15.4. The van der Waals surface area contributed by atoms with Gasteiger partial charge >= 0.3 is 6.18 Å². The maximum Gasteiger partial charge on any atom is 0.405 e. The first-order chi connectivity index (χ1) is 19.1. The zero-order chi connectivity index (χ0) is 29.1. The third kappa shape index (κ3) is 9.30. The van der Waals surface area contributed by atoms with Gasteiger partial charge < -0.3 is 16.0 Å². The molecule has 3 rings (SSSR count). The second kappa shape index (κ2) is 14.7. The van der Waals surface area contributed by atoms with Crippen LogP contribution >= 0.6 is 22.9 Å². The van der Waals surface area contributed by atoms with Crippen LogP contribution in [-0.4, -0.2) is 65.2 Å². The summed E-state index contributed by atoms with van der Waals surface area (Å²) in [6.07, 6.45) is -2.20. The largest absolute Gasteiger partial charge is 0.405 e. The summed E-state index contributed by atoms with van der Waals surface area (Å²) in [4.78, 5) is 37.4. The molecule has 9 nitrogen and oxygen atoms in total. The molecule has 40 heavy (non-hydrogen) atoms. The van der Waals surface area contributed by atoms with Crippen LogP contribution in [0, 0.1) is 0 Å². The van der Waals surface area contributed by atoms with Crippen LogP contribution < -0.4 is 16.0 Å². The molecule has 216 valence electrons. The van der Waals surface area contributed by atoms with Crippen LogP contribution in [0.15, 0.2) is 36.4 Å². The number of rotatable bonds is 14. The fraction of sp³-hybridized carbons (Fsp3) is 0.400. The standard InChI is InChI=1S/C25H27ClF4N6O3S/c26-20-11-10-19(40-20)23(38)31-13-4-14-32-24(39)21-18(5-2-1-3-12-27)36(35-34-21)17-8-6-16(7-9-17)22(37)33-15-25(28,29)30/h6-11H,1-5,12-15H2,(H,31,38)(H,32,39)(H,33,37). The monoisotopic (exact) mass is 602 g/mol. The van der Waals surface area contributed by atoms with Gasteiger partial charge in [-0.1, -0.05) is 23.2 Å². The fourth-order valence-corrected chi connectivity index (χ4v) is 4.57. The maximum atomic E-state index is 12.9. The summed E-state index contributed by atoms with van der Waals surface area (Å²) in [6.45, 7) is -1.34. The average molecular weight is 603 g/mol. The van der Waals surface area contributed by atoms with Gasteiger partial charge in [0, 0.05) is 18.7 Å². The van der Waals surface area contributed by atoms with E-state index in [9.17, 15) is 31.9 Å². The molecule has 2 heterocycles. The number of halogens is 5. The van der Waals surface area contributed by atoms with E-state index in [1.54, 1.807) is 17.4 Å². The van der Waals surface area contributed by atoms with Crippen molar-refractivity contribution < 1.29 is 31.9 Å². The molecule has 0 unspecified atom stereocenters. The van der Waals surface area contributed by atoms with Gasteiger partial charge in [0.05, 0.1) is 27.3 Å². The predicted octanol–water partition coefficient (Wildman–Crippen LogP) is 4.51. The van der Waals surface area contributed by atoms with Crippen molar-refractivity contribution in [2.45, 2.75) is 38.3 Å². The molecule has 0 saturated heterocycles. The SMILES string of the molecule is O=C(NCC(F)(F)F)c1ccc(-n2nnc(C(=O)NCCCNC(=O)c3ccc(Cl)s3)c2CCCCCF)cc1.